The minimum absolute atomic E-state index is 0.0241. The van der Waals surface area contributed by atoms with E-state index in [0.29, 0.717) is 18.7 Å². The van der Waals surface area contributed by atoms with Gasteiger partial charge in [-0.3, -0.25) is 19.8 Å². The van der Waals surface area contributed by atoms with E-state index in [-0.39, 0.29) is 17.9 Å². The molecule has 1 aromatic carbocycles. The number of benzene rings is 1. The number of rotatable bonds is 6. The first-order valence-corrected chi connectivity index (χ1v) is 5.32. The summed E-state index contributed by atoms with van der Waals surface area (Å²) in [5.41, 5.74) is 5.51. The van der Waals surface area contributed by atoms with E-state index in [0.717, 1.165) is 0 Å². The molecule has 0 atom stereocenters. The van der Waals surface area contributed by atoms with Crippen LogP contribution in [0.15, 0.2) is 18.2 Å². The van der Waals surface area contributed by atoms with Gasteiger partial charge >= 0.3 is 0 Å². The van der Waals surface area contributed by atoms with Crippen molar-refractivity contribution in [1.82, 2.24) is 4.90 Å². The van der Waals surface area contributed by atoms with Gasteiger partial charge in [0.1, 0.15) is 0 Å². The molecular weight excluding hydrogens is 238 g/mol. The fraction of sp³-hybridized carbons (Fsp3) is 0.364. The summed E-state index contributed by atoms with van der Waals surface area (Å²) in [6.07, 6.45) is 0. The summed E-state index contributed by atoms with van der Waals surface area (Å²) < 4.78 is 0. The Hall–Kier alpha value is -1.99. The first kappa shape index (κ1) is 14.1. The van der Waals surface area contributed by atoms with E-state index >= 15 is 0 Å². The number of nitro groups is 1. The number of aliphatic hydroxyl groups is 1. The molecule has 0 saturated carbocycles. The van der Waals surface area contributed by atoms with Crippen LogP contribution in [-0.4, -0.2) is 41.0 Å². The lowest BCUT2D eigenvalue weighted by Crippen LogP contribution is -2.22. The molecular formula is C11H15N3O4. The Morgan fingerprint density at radius 3 is 2.72 bits per heavy atom. The monoisotopic (exact) mass is 253 g/mol. The molecule has 98 valence electrons. The average Bonchev–Trinajstić information content (AvgIpc) is 2.29. The summed E-state index contributed by atoms with van der Waals surface area (Å²) in [6.45, 7) is 0.703. The Morgan fingerprint density at radius 1 is 1.56 bits per heavy atom. The lowest BCUT2D eigenvalue weighted by atomic mass is 10.1. The molecule has 0 unspecified atom stereocenters. The number of carbonyl (C=O) groups is 1. The predicted octanol–water partition coefficient (Wildman–Crippen LogP) is 0.118. The highest BCUT2D eigenvalue weighted by atomic mass is 16.6. The number of primary amides is 1. The van der Waals surface area contributed by atoms with Gasteiger partial charge in [-0.05, 0) is 13.1 Å². The summed E-state index contributed by atoms with van der Waals surface area (Å²) in [5.74, 6) is -0.701. The molecule has 0 bridgehead atoms. The van der Waals surface area contributed by atoms with Crippen molar-refractivity contribution in [2.24, 2.45) is 5.73 Å². The number of hydrogen-bond donors (Lipinski definition) is 2. The number of nitrogens with zero attached hydrogens (tertiary/aromatic N) is 2. The third kappa shape index (κ3) is 3.51. The van der Waals surface area contributed by atoms with Gasteiger partial charge in [-0.15, -0.1) is 0 Å². The van der Waals surface area contributed by atoms with Crippen LogP contribution in [0.1, 0.15) is 15.9 Å². The lowest BCUT2D eigenvalue weighted by molar-refractivity contribution is -0.385. The number of likely N-dealkylation sites (N-methyl/N-ethyl adjacent to an activating group) is 1. The van der Waals surface area contributed by atoms with E-state index in [4.69, 9.17) is 10.8 Å². The minimum Gasteiger partial charge on any atom is -0.395 e. The van der Waals surface area contributed by atoms with Crippen LogP contribution in [0.25, 0.3) is 0 Å². The third-order valence-corrected chi connectivity index (χ3v) is 2.49. The van der Waals surface area contributed by atoms with Gasteiger partial charge in [-0.1, -0.05) is 6.07 Å². The molecule has 1 rings (SSSR count). The van der Waals surface area contributed by atoms with Crippen LogP contribution < -0.4 is 5.73 Å². The van der Waals surface area contributed by atoms with Gasteiger partial charge in [0.25, 0.3) is 5.69 Å². The van der Waals surface area contributed by atoms with Crippen molar-refractivity contribution in [2.45, 2.75) is 6.54 Å². The van der Waals surface area contributed by atoms with Crippen LogP contribution in [0.4, 0.5) is 5.69 Å². The van der Waals surface area contributed by atoms with Crippen molar-refractivity contribution < 1.29 is 14.8 Å². The van der Waals surface area contributed by atoms with Crippen molar-refractivity contribution in [3.05, 3.63) is 39.4 Å². The lowest BCUT2D eigenvalue weighted by Gasteiger charge is -2.15. The summed E-state index contributed by atoms with van der Waals surface area (Å²) >= 11 is 0. The fourth-order valence-corrected chi connectivity index (χ4v) is 1.56. The van der Waals surface area contributed by atoms with Crippen molar-refractivity contribution >= 4 is 11.6 Å². The zero-order valence-corrected chi connectivity index (χ0v) is 10.00. The maximum atomic E-state index is 11.0. The van der Waals surface area contributed by atoms with Crippen LogP contribution in [-0.2, 0) is 6.54 Å². The Labute approximate surface area is 104 Å². The van der Waals surface area contributed by atoms with E-state index in [2.05, 4.69) is 0 Å². The molecule has 1 aromatic rings. The first-order valence-electron chi connectivity index (χ1n) is 5.32. The molecule has 0 aliphatic rings. The van der Waals surface area contributed by atoms with E-state index in [1.807, 2.05) is 0 Å². The van der Waals surface area contributed by atoms with Crippen LogP contribution in [0.5, 0.6) is 0 Å². The van der Waals surface area contributed by atoms with Gasteiger partial charge < -0.3 is 10.8 Å². The second-order valence-electron chi connectivity index (χ2n) is 3.93. The first-order chi connectivity index (χ1) is 8.45. The van der Waals surface area contributed by atoms with Gasteiger partial charge in [0.05, 0.1) is 11.5 Å². The molecule has 1 amide bonds. The van der Waals surface area contributed by atoms with Crippen molar-refractivity contribution in [3.63, 3.8) is 0 Å². The van der Waals surface area contributed by atoms with Crippen LogP contribution in [0.2, 0.25) is 0 Å². The predicted molar refractivity (Wildman–Crippen MR) is 65.0 cm³/mol. The summed E-state index contributed by atoms with van der Waals surface area (Å²) in [7, 11) is 1.74. The number of nitro benzene ring substituents is 1. The molecule has 18 heavy (non-hydrogen) atoms. The molecule has 3 N–H and O–H groups in total. The smallest absolute Gasteiger partial charge is 0.274 e. The molecule has 7 nitrogen and oxygen atoms in total. The standard InChI is InChI=1S/C11H15N3O4/c1-13(4-5-15)7-9-3-2-8(11(12)16)6-10(9)14(17)18/h2-3,6,15H,4-5,7H2,1H3,(H2,12,16). The van der Waals surface area contributed by atoms with E-state index < -0.39 is 10.8 Å². The van der Waals surface area contributed by atoms with Gasteiger partial charge in [0, 0.05) is 30.3 Å². The Balaban J connectivity index is 3.04. The van der Waals surface area contributed by atoms with E-state index in [1.165, 1.54) is 18.2 Å². The third-order valence-electron chi connectivity index (χ3n) is 2.49. The zero-order valence-electron chi connectivity index (χ0n) is 10.00. The zero-order chi connectivity index (χ0) is 13.7. The number of carbonyl (C=O) groups excluding carboxylic acids is 1. The van der Waals surface area contributed by atoms with Gasteiger partial charge in [0.15, 0.2) is 0 Å². The van der Waals surface area contributed by atoms with Crippen molar-refractivity contribution in [2.75, 3.05) is 20.2 Å². The molecule has 0 radical (unpaired) electrons. The highest BCUT2D eigenvalue weighted by Gasteiger charge is 2.17. The van der Waals surface area contributed by atoms with Crippen LogP contribution in [0, 0.1) is 10.1 Å². The van der Waals surface area contributed by atoms with Crippen LogP contribution in [0.3, 0.4) is 0 Å². The largest absolute Gasteiger partial charge is 0.395 e. The Kier molecular flexibility index (Phi) is 4.75. The summed E-state index contributed by atoms with van der Waals surface area (Å²) in [4.78, 5) is 23.1. The molecule has 0 saturated heterocycles. The molecule has 7 heteroatoms. The van der Waals surface area contributed by atoms with E-state index in [9.17, 15) is 14.9 Å². The Bertz CT molecular complexity index is 462. The molecule has 0 fully saturated rings. The average molecular weight is 253 g/mol. The molecule has 0 aliphatic carbocycles. The minimum atomic E-state index is -0.701. The number of hydrogen-bond acceptors (Lipinski definition) is 5. The highest BCUT2D eigenvalue weighted by molar-refractivity contribution is 5.93. The van der Waals surface area contributed by atoms with Gasteiger partial charge in [-0.2, -0.15) is 0 Å². The Morgan fingerprint density at radius 2 is 2.22 bits per heavy atom. The molecule has 0 heterocycles. The molecule has 0 aromatic heterocycles. The fourth-order valence-electron chi connectivity index (χ4n) is 1.56. The number of amides is 1. The topological polar surface area (TPSA) is 110 Å². The maximum Gasteiger partial charge on any atom is 0.274 e. The van der Waals surface area contributed by atoms with Gasteiger partial charge in [0.2, 0.25) is 5.91 Å². The van der Waals surface area contributed by atoms with Crippen molar-refractivity contribution in [1.29, 1.82) is 0 Å². The van der Waals surface area contributed by atoms with Crippen LogP contribution >= 0.6 is 0 Å². The maximum absolute atomic E-state index is 11.0. The quantitative estimate of drug-likeness (QED) is 0.552. The SMILES string of the molecule is CN(CCO)Cc1ccc(C(N)=O)cc1[N+](=O)[O-]. The molecule has 0 spiro atoms. The highest BCUT2D eigenvalue weighted by Crippen LogP contribution is 2.21. The normalized spacial score (nSPS) is 10.6. The van der Waals surface area contributed by atoms with E-state index in [1.54, 1.807) is 11.9 Å². The van der Waals surface area contributed by atoms with Gasteiger partial charge in [-0.25, -0.2) is 0 Å². The second kappa shape index (κ2) is 6.08. The number of nitrogens with two attached hydrogens (primary N) is 1. The van der Waals surface area contributed by atoms with Crippen molar-refractivity contribution in [3.8, 4) is 0 Å². The summed E-state index contributed by atoms with van der Waals surface area (Å²) in [5, 5.41) is 19.7. The second-order valence-corrected chi connectivity index (χ2v) is 3.93. The summed E-state index contributed by atoms with van der Waals surface area (Å²) in [6, 6.07) is 4.13. The molecule has 0 aliphatic heterocycles. The number of aliphatic hydroxyl groups excluding tert-OH is 1.